The molecule has 9 nitrogen and oxygen atoms in total. The van der Waals surface area contributed by atoms with E-state index in [2.05, 4.69) is 12.0 Å². The summed E-state index contributed by atoms with van der Waals surface area (Å²) in [7, 11) is -0.291. The Labute approximate surface area is 173 Å². The molecular weight excluding hydrogens is 429 g/mol. The molecule has 3 rings (SSSR count). The molecule has 1 unspecified atom stereocenters. The molecule has 1 saturated carbocycles. The van der Waals surface area contributed by atoms with Crippen LogP contribution in [-0.4, -0.2) is 77.9 Å². The van der Waals surface area contributed by atoms with E-state index in [1.807, 2.05) is 4.68 Å². The monoisotopic (exact) mass is 456 g/mol. The number of aryl methyl sites for hydroxylation is 1. The van der Waals surface area contributed by atoms with E-state index < -0.39 is 22.4 Å². The average molecular weight is 456 g/mol. The predicted octanol–water partition coefficient (Wildman–Crippen LogP) is 1.67. The number of aromatic nitrogens is 2. The van der Waals surface area contributed by atoms with Gasteiger partial charge in [0.2, 0.25) is 0 Å². The van der Waals surface area contributed by atoms with Crippen molar-refractivity contribution < 1.29 is 36.2 Å². The first-order valence-corrected chi connectivity index (χ1v) is 10.9. The van der Waals surface area contributed by atoms with Crippen molar-refractivity contribution >= 4 is 16.2 Å². The van der Waals surface area contributed by atoms with E-state index in [1.54, 1.807) is 20.3 Å². The molecule has 1 atom stereocenters. The maximum atomic E-state index is 12.5. The van der Waals surface area contributed by atoms with E-state index in [0.717, 1.165) is 24.4 Å². The number of halogens is 3. The number of carbonyl (C=O) groups is 1. The zero-order chi connectivity index (χ0) is 22.7. The quantitative estimate of drug-likeness (QED) is 0.669. The van der Waals surface area contributed by atoms with Crippen molar-refractivity contribution in [1.82, 2.24) is 18.4 Å². The zero-order valence-electron chi connectivity index (χ0n) is 17.1. The van der Waals surface area contributed by atoms with Crippen LogP contribution in [0.25, 0.3) is 0 Å². The van der Waals surface area contributed by atoms with Crippen molar-refractivity contribution in [3.8, 4) is 0 Å². The Hall–Kier alpha value is -1.70. The number of aliphatic carboxylic acids is 1. The van der Waals surface area contributed by atoms with Gasteiger partial charge < -0.3 is 9.84 Å². The van der Waals surface area contributed by atoms with E-state index in [9.17, 15) is 21.6 Å². The maximum absolute atomic E-state index is 12.5. The van der Waals surface area contributed by atoms with Crippen LogP contribution in [0.5, 0.6) is 0 Å². The van der Waals surface area contributed by atoms with Crippen molar-refractivity contribution in [3.63, 3.8) is 0 Å². The van der Waals surface area contributed by atoms with Crippen LogP contribution in [0.15, 0.2) is 6.20 Å². The topological polar surface area (TPSA) is 105 Å². The molecule has 0 bridgehead atoms. The molecule has 0 spiro atoms. The summed E-state index contributed by atoms with van der Waals surface area (Å²) < 4.78 is 67.4. The molecule has 13 heteroatoms. The number of alkyl halides is 3. The smallest absolute Gasteiger partial charge is 0.475 e. The lowest BCUT2D eigenvalue weighted by Gasteiger charge is -2.34. The highest BCUT2D eigenvalue weighted by Gasteiger charge is 2.38. The van der Waals surface area contributed by atoms with Gasteiger partial charge in [-0.1, -0.05) is 0 Å². The van der Waals surface area contributed by atoms with Gasteiger partial charge in [-0.05, 0) is 25.7 Å². The highest BCUT2D eigenvalue weighted by atomic mass is 32.2. The van der Waals surface area contributed by atoms with Crippen molar-refractivity contribution in [2.45, 2.75) is 44.9 Å². The molecule has 0 saturated heterocycles. The van der Waals surface area contributed by atoms with Crippen LogP contribution < -0.4 is 0 Å². The Balaban J connectivity index is 0.000000396. The first-order valence-electron chi connectivity index (χ1n) is 9.47. The van der Waals surface area contributed by atoms with E-state index in [-0.39, 0.29) is 5.92 Å². The normalized spacial score (nSPS) is 19.9. The van der Waals surface area contributed by atoms with Gasteiger partial charge >= 0.3 is 12.1 Å². The minimum Gasteiger partial charge on any atom is -0.475 e. The summed E-state index contributed by atoms with van der Waals surface area (Å²) in [6.07, 6.45) is -0.780. The second kappa shape index (κ2) is 9.62. The lowest BCUT2D eigenvalue weighted by molar-refractivity contribution is -0.192. The second-order valence-corrected chi connectivity index (χ2v) is 9.58. The summed E-state index contributed by atoms with van der Waals surface area (Å²) in [5, 5.41) is 11.5. The molecule has 1 aliphatic heterocycles. The van der Waals surface area contributed by atoms with Gasteiger partial charge in [0.1, 0.15) is 0 Å². The molecule has 1 N–H and O–H groups in total. The molecule has 2 aliphatic rings. The zero-order valence-corrected chi connectivity index (χ0v) is 17.9. The van der Waals surface area contributed by atoms with Crippen molar-refractivity contribution in [3.05, 3.63) is 17.5 Å². The van der Waals surface area contributed by atoms with Crippen LogP contribution >= 0.6 is 0 Å². The molecular formula is C17H27F3N4O5S. The molecule has 2 heterocycles. The van der Waals surface area contributed by atoms with E-state index in [1.165, 1.54) is 21.5 Å². The summed E-state index contributed by atoms with van der Waals surface area (Å²) in [6, 6.07) is 0. The number of nitrogens with zero attached hydrogens (tertiary/aromatic N) is 4. The second-order valence-electron chi connectivity index (χ2n) is 7.43. The Morgan fingerprint density at radius 2 is 1.93 bits per heavy atom. The summed E-state index contributed by atoms with van der Waals surface area (Å²) in [4.78, 5) is 8.90. The summed E-state index contributed by atoms with van der Waals surface area (Å²) in [6.45, 7) is 5.01. The number of rotatable bonds is 7. The van der Waals surface area contributed by atoms with Gasteiger partial charge in [0.25, 0.3) is 10.2 Å². The number of carboxylic acids is 1. The maximum Gasteiger partial charge on any atom is 0.490 e. The fraction of sp³-hybridized carbons (Fsp3) is 0.765. The summed E-state index contributed by atoms with van der Waals surface area (Å²) >= 11 is 0. The molecule has 1 aromatic rings. The molecule has 1 aromatic heterocycles. The number of carboxylic acid groups (broad SMARTS) is 1. The third-order valence-electron chi connectivity index (χ3n) is 4.82. The van der Waals surface area contributed by atoms with Crippen LogP contribution in [0.1, 0.15) is 36.9 Å². The van der Waals surface area contributed by atoms with Crippen molar-refractivity contribution in [2.75, 3.05) is 33.9 Å². The molecule has 1 fully saturated rings. The SMILES string of the molecule is CCn1ncc2c1C(COCC1CC1)CN(S(=O)(=O)N(C)C)C2.O=C(O)C(F)(F)F. The van der Waals surface area contributed by atoms with E-state index in [0.29, 0.717) is 25.6 Å². The van der Waals surface area contributed by atoms with Crippen LogP contribution in [0.3, 0.4) is 0 Å². The van der Waals surface area contributed by atoms with Crippen LogP contribution in [0.2, 0.25) is 0 Å². The highest BCUT2D eigenvalue weighted by molar-refractivity contribution is 7.86. The van der Waals surface area contributed by atoms with Crippen molar-refractivity contribution in [2.24, 2.45) is 5.92 Å². The highest BCUT2D eigenvalue weighted by Crippen LogP contribution is 2.32. The molecule has 172 valence electrons. The fourth-order valence-electron chi connectivity index (χ4n) is 3.07. The van der Waals surface area contributed by atoms with E-state index >= 15 is 0 Å². The first kappa shape index (κ1) is 24.6. The lowest BCUT2D eigenvalue weighted by Crippen LogP contribution is -2.45. The van der Waals surface area contributed by atoms with Crippen LogP contribution in [0.4, 0.5) is 13.2 Å². The molecule has 0 radical (unpaired) electrons. The van der Waals surface area contributed by atoms with Crippen LogP contribution in [-0.2, 0) is 32.8 Å². The molecule has 0 aromatic carbocycles. The number of hydrogen-bond donors (Lipinski definition) is 1. The Morgan fingerprint density at radius 3 is 2.40 bits per heavy atom. The van der Waals surface area contributed by atoms with E-state index in [4.69, 9.17) is 14.6 Å². The van der Waals surface area contributed by atoms with Crippen molar-refractivity contribution in [1.29, 1.82) is 0 Å². The van der Waals surface area contributed by atoms with Gasteiger partial charge in [-0.15, -0.1) is 0 Å². The summed E-state index contributed by atoms with van der Waals surface area (Å²) in [5.74, 6) is -2.02. The minimum absolute atomic E-state index is 0.0367. The average Bonchev–Trinajstić information content (AvgIpc) is 3.37. The molecule has 30 heavy (non-hydrogen) atoms. The van der Waals surface area contributed by atoms with Gasteiger partial charge in [0, 0.05) is 57.5 Å². The standard InChI is InChI=1S/C15H26N4O3S.C2HF3O2/c1-4-19-15-13(7-16-19)8-18(23(20,21)17(2)3)9-14(15)11-22-10-12-5-6-12;3-2(4,5)1(6)7/h7,12,14H,4-6,8-11H2,1-3H3;(H,6,7). The van der Waals surface area contributed by atoms with Gasteiger partial charge in [0.15, 0.2) is 0 Å². The number of hydrogen-bond acceptors (Lipinski definition) is 5. The Morgan fingerprint density at radius 1 is 1.33 bits per heavy atom. The number of fused-ring (bicyclic) bond motifs is 1. The molecule has 0 amide bonds. The Kier molecular flexibility index (Phi) is 7.88. The van der Waals surface area contributed by atoms with Gasteiger partial charge in [-0.2, -0.15) is 35.3 Å². The third kappa shape index (κ3) is 6.15. The number of ether oxygens (including phenoxy) is 1. The summed E-state index contributed by atoms with van der Waals surface area (Å²) in [5.41, 5.74) is 2.12. The first-order chi connectivity index (χ1) is 13.9. The lowest BCUT2D eigenvalue weighted by atomic mass is 9.98. The largest absolute Gasteiger partial charge is 0.490 e. The van der Waals surface area contributed by atoms with Gasteiger partial charge in [-0.3, -0.25) is 4.68 Å². The van der Waals surface area contributed by atoms with Gasteiger partial charge in [0.05, 0.1) is 12.8 Å². The Bertz CT molecular complexity index is 837. The molecule has 1 aliphatic carbocycles. The van der Waals surface area contributed by atoms with Crippen LogP contribution in [0, 0.1) is 5.92 Å². The minimum atomic E-state index is -5.08. The third-order valence-corrected chi connectivity index (χ3v) is 6.67. The predicted molar refractivity (Wildman–Crippen MR) is 101 cm³/mol. The van der Waals surface area contributed by atoms with Gasteiger partial charge in [-0.25, -0.2) is 4.79 Å². The fourth-order valence-corrected chi connectivity index (χ4v) is 4.20.